The van der Waals surface area contributed by atoms with Crippen LogP contribution in [0.2, 0.25) is 0 Å². The van der Waals surface area contributed by atoms with Crippen LogP contribution in [0.4, 0.5) is 0 Å². The smallest absolute Gasteiger partial charge is 0.226 e. The van der Waals surface area contributed by atoms with E-state index in [0.717, 1.165) is 27.9 Å². The molecule has 6 nitrogen and oxygen atoms in total. The maximum absolute atomic E-state index is 7.95. The number of nitrogens with two attached hydrogens (primary N) is 1. The van der Waals surface area contributed by atoms with Crippen molar-refractivity contribution in [2.75, 3.05) is 0 Å². The van der Waals surface area contributed by atoms with Crippen LogP contribution in [0.5, 0.6) is 5.88 Å². The van der Waals surface area contributed by atoms with Gasteiger partial charge in [0.2, 0.25) is 5.88 Å². The first-order valence-corrected chi connectivity index (χ1v) is 9.02. The van der Waals surface area contributed by atoms with Crippen LogP contribution in [-0.2, 0) is 6.61 Å². The van der Waals surface area contributed by atoms with Gasteiger partial charge in [0.1, 0.15) is 12.4 Å². The highest BCUT2D eigenvalue weighted by Gasteiger charge is 2.17. The number of para-hydroxylation sites is 1. The molecule has 0 saturated carbocycles. The van der Waals surface area contributed by atoms with E-state index >= 15 is 0 Å². The average Bonchev–Trinajstić information content (AvgIpc) is 3.03. The van der Waals surface area contributed by atoms with Crippen molar-refractivity contribution in [3.8, 4) is 11.6 Å². The third kappa shape index (κ3) is 3.20. The molecule has 0 spiro atoms. The molecule has 6 heteroatoms. The fraction of sp³-hybridized carbons (Fsp3) is 0.136. The number of nitrogens with one attached hydrogen (secondary N) is 1. The Kier molecular flexibility index (Phi) is 4.53. The molecule has 0 aliphatic heterocycles. The first-order chi connectivity index (χ1) is 13.5. The number of ether oxygens (including phenoxy) is 1. The molecule has 0 aliphatic rings. The quantitative estimate of drug-likeness (QED) is 0.411. The van der Waals surface area contributed by atoms with Crippen LogP contribution in [0.1, 0.15) is 22.4 Å². The second-order valence-electron chi connectivity index (χ2n) is 6.67. The van der Waals surface area contributed by atoms with E-state index in [2.05, 4.69) is 5.10 Å². The number of aryl methyl sites for hydroxylation is 2. The van der Waals surface area contributed by atoms with Gasteiger partial charge >= 0.3 is 0 Å². The van der Waals surface area contributed by atoms with Gasteiger partial charge in [0.05, 0.1) is 16.9 Å². The highest BCUT2D eigenvalue weighted by Crippen LogP contribution is 2.27. The molecule has 2 aromatic carbocycles. The Morgan fingerprint density at radius 3 is 2.50 bits per heavy atom. The highest BCUT2D eigenvalue weighted by molar-refractivity contribution is 6.00. The summed E-state index contributed by atoms with van der Waals surface area (Å²) < 4.78 is 7.79. The minimum absolute atomic E-state index is 0.0824. The van der Waals surface area contributed by atoms with E-state index in [1.54, 1.807) is 4.68 Å². The third-order valence-corrected chi connectivity index (χ3v) is 4.72. The topological polar surface area (TPSA) is 89.8 Å². The van der Waals surface area contributed by atoms with E-state index in [4.69, 9.17) is 20.9 Å². The lowest BCUT2D eigenvalue weighted by Crippen LogP contribution is -2.14. The Morgan fingerprint density at radius 2 is 1.79 bits per heavy atom. The van der Waals surface area contributed by atoms with Crippen molar-refractivity contribution in [1.82, 2.24) is 14.8 Å². The number of aromatic nitrogens is 3. The third-order valence-electron chi connectivity index (χ3n) is 4.72. The van der Waals surface area contributed by atoms with E-state index in [1.165, 1.54) is 0 Å². The number of hydrogen-bond donors (Lipinski definition) is 2. The molecule has 2 heterocycles. The van der Waals surface area contributed by atoms with Crippen molar-refractivity contribution in [2.45, 2.75) is 20.5 Å². The van der Waals surface area contributed by atoms with E-state index in [-0.39, 0.29) is 5.84 Å². The molecular weight excluding hydrogens is 350 g/mol. The molecular formula is C22H21N5O. The van der Waals surface area contributed by atoms with Crippen LogP contribution in [-0.4, -0.2) is 20.6 Å². The van der Waals surface area contributed by atoms with Crippen molar-refractivity contribution in [3.05, 3.63) is 83.0 Å². The average molecular weight is 371 g/mol. The lowest BCUT2D eigenvalue weighted by molar-refractivity contribution is 0.293. The van der Waals surface area contributed by atoms with E-state index < -0.39 is 0 Å². The van der Waals surface area contributed by atoms with Crippen LogP contribution in [0, 0.1) is 19.3 Å². The summed E-state index contributed by atoms with van der Waals surface area (Å²) in [6, 6.07) is 19.7. The summed E-state index contributed by atoms with van der Waals surface area (Å²) in [4.78, 5) is 4.70. The van der Waals surface area contributed by atoms with Crippen molar-refractivity contribution < 1.29 is 4.74 Å². The van der Waals surface area contributed by atoms with Crippen LogP contribution >= 0.6 is 0 Å². The molecule has 0 radical (unpaired) electrons. The molecule has 0 fully saturated rings. The maximum atomic E-state index is 7.95. The van der Waals surface area contributed by atoms with Crippen molar-refractivity contribution in [3.63, 3.8) is 0 Å². The number of pyridine rings is 1. The summed E-state index contributed by atoms with van der Waals surface area (Å²) in [6.45, 7) is 4.31. The molecule has 0 saturated heterocycles. The predicted molar refractivity (Wildman–Crippen MR) is 110 cm³/mol. The number of rotatable bonds is 5. The molecule has 4 rings (SSSR count). The van der Waals surface area contributed by atoms with Crippen LogP contribution < -0.4 is 10.5 Å². The maximum Gasteiger partial charge on any atom is 0.226 e. The standard InChI is InChI=1S/C22H21N5O/c1-14-8-6-7-9-16(14)13-28-22-19(20(23)24)12-18-15(2)26-27(21(18)25-22)17-10-4-3-5-11-17/h3-12H,13H2,1-2H3,(H3,23,24). The van der Waals surface area contributed by atoms with E-state index in [9.17, 15) is 0 Å². The predicted octanol–water partition coefficient (Wildman–Crippen LogP) is 3.90. The van der Waals surface area contributed by atoms with Crippen LogP contribution in [0.25, 0.3) is 16.7 Å². The van der Waals surface area contributed by atoms with Gasteiger partial charge in [-0.1, -0.05) is 42.5 Å². The van der Waals surface area contributed by atoms with Crippen molar-refractivity contribution in [1.29, 1.82) is 5.41 Å². The fourth-order valence-corrected chi connectivity index (χ4v) is 3.14. The molecule has 2 aromatic heterocycles. The van der Waals surface area contributed by atoms with Gasteiger partial charge in [-0.05, 0) is 43.2 Å². The van der Waals surface area contributed by atoms with E-state index in [0.29, 0.717) is 23.7 Å². The summed E-state index contributed by atoms with van der Waals surface area (Å²) in [5.74, 6) is 0.251. The number of hydrogen-bond acceptors (Lipinski definition) is 4. The van der Waals surface area contributed by atoms with Gasteiger partial charge in [0, 0.05) is 5.39 Å². The lowest BCUT2D eigenvalue weighted by atomic mass is 10.1. The summed E-state index contributed by atoms with van der Waals surface area (Å²) in [5, 5.41) is 13.4. The van der Waals surface area contributed by atoms with Gasteiger partial charge in [-0.2, -0.15) is 10.1 Å². The Labute approximate surface area is 163 Å². The molecule has 0 amide bonds. The molecule has 4 aromatic rings. The fourth-order valence-electron chi connectivity index (χ4n) is 3.14. The van der Waals surface area contributed by atoms with Gasteiger partial charge < -0.3 is 10.5 Å². The molecule has 0 unspecified atom stereocenters. The van der Waals surface area contributed by atoms with Crippen molar-refractivity contribution in [2.24, 2.45) is 5.73 Å². The first-order valence-electron chi connectivity index (χ1n) is 9.02. The number of fused-ring (bicyclic) bond motifs is 1. The van der Waals surface area contributed by atoms with Gasteiger partial charge in [-0.15, -0.1) is 0 Å². The monoisotopic (exact) mass is 371 g/mol. The Hall–Kier alpha value is -3.67. The van der Waals surface area contributed by atoms with Gasteiger partial charge in [-0.3, -0.25) is 5.41 Å². The second-order valence-corrected chi connectivity index (χ2v) is 6.67. The van der Waals surface area contributed by atoms with Crippen molar-refractivity contribution >= 4 is 16.9 Å². The SMILES string of the molecule is Cc1ccccc1COc1nc2c(cc1C(=N)N)c(C)nn2-c1ccccc1. The molecule has 0 atom stereocenters. The largest absolute Gasteiger partial charge is 0.472 e. The Morgan fingerprint density at radius 1 is 1.07 bits per heavy atom. The van der Waals surface area contributed by atoms with Gasteiger partial charge in [0.15, 0.2) is 5.65 Å². The molecule has 140 valence electrons. The minimum Gasteiger partial charge on any atom is -0.472 e. The Bertz CT molecular complexity index is 1160. The van der Waals surface area contributed by atoms with E-state index in [1.807, 2.05) is 74.5 Å². The lowest BCUT2D eigenvalue weighted by Gasteiger charge is -2.12. The second kappa shape index (κ2) is 7.15. The molecule has 0 aliphatic carbocycles. The number of nitrogens with zero attached hydrogens (tertiary/aromatic N) is 3. The zero-order valence-corrected chi connectivity index (χ0v) is 15.8. The highest BCUT2D eigenvalue weighted by atomic mass is 16.5. The molecule has 3 N–H and O–H groups in total. The van der Waals surface area contributed by atoms with Gasteiger partial charge in [0.25, 0.3) is 0 Å². The van der Waals surface area contributed by atoms with Crippen LogP contribution in [0.15, 0.2) is 60.7 Å². The first kappa shape index (κ1) is 17.7. The summed E-state index contributed by atoms with van der Waals surface area (Å²) in [6.07, 6.45) is 0. The molecule has 0 bridgehead atoms. The zero-order chi connectivity index (χ0) is 19.7. The van der Waals surface area contributed by atoms with Crippen LogP contribution in [0.3, 0.4) is 0 Å². The summed E-state index contributed by atoms with van der Waals surface area (Å²) in [5.41, 5.74) is 10.9. The summed E-state index contributed by atoms with van der Waals surface area (Å²) in [7, 11) is 0. The Balaban J connectivity index is 1.81. The normalized spacial score (nSPS) is 10.9. The zero-order valence-electron chi connectivity index (χ0n) is 15.8. The number of benzene rings is 2. The number of nitrogen functional groups attached to an aromatic ring is 1. The van der Waals surface area contributed by atoms with Gasteiger partial charge in [-0.25, -0.2) is 4.68 Å². The summed E-state index contributed by atoms with van der Waals surface area (Å²) >= 11 is 0. The minimum atomic E-state index is -0.0824. The molecule has 28 heavy (non-hydrogen) atoms. The number of amidine groups is 1.